The van der Waals surface area contributed by atoms with Crippen molar-refractivity contribution in [3.05, 3.63) is 64.7 Å². The Bertz CT molecular complexity index is 975. The fraction of sp³-hybridized carbons (Fsp3) is 0.167. The fourth-order valence-corrected chi connectivity index (χ4v) is 3.85. The molecule has 0 spiro atoms. The molecule has 0 bridgehead atoms. The molecule has 2 amide bonds. The van der Waals surface area contributed by atoms with Gasteiger partial charge in [-0.3, -0.25) is 14.5 Å². The van der Waals surface area contributed by atoms with Gasteiger partial charge in [0.1, 0.15) is 0 Å². The van der Waals surface area contributed by atoms with E-state index in [0.29, 0.717) is 16.3 Å². The zero-order valence-corrected chi connectivity index (χ0v) is 15.0. The van der Waals surface area contributed by atoms with Crippen LogP contribution in [-0.2, 0) is 0 Å². The highest BCUT2D eigenvalue weighted by Gasteiger charge is 2.35. The highest BCUT2D eigenvalue weighted by molar-refractivity contribution is 7.99. The van der Waals surface area contributed by atoms with E-state index < -0.39 is 0 Å². The molecule has 0 saturated carbocycles. The number of hydrogen-bond acceptors (Lipinski definition) is 6. The van der Waals surface area contributed by atoms with E-state index >= 15 is 0 Å². The Morgan fingerprint density at radius 3 is 2.15 bits per heavy atom. The van der Waals surface area contributed by atoms with Crippen LogP contribution in [0.25, 0.3) is 5.69 Å². The largest absolute Gasteiger partial charge is 0.269 e. The van der Waals surface area contributed by atoms with Crippen molar-refractivity contribution in [2.75, 3.05) is 5.88 Å². The topological polar surface area (TPSA) is 81.0 Å². The molecule has 3 aromatic rings. The van der Waals surface area contributed by atoms with E-state index in [1.54, 1.807) is 28.9 Å². The van der Waals surface area contributed by atoms with Crippen LogP contribution in [0, 0.1) is 13.8 Å². The number of amides is 2. The first kappa shape index (κ1) is 16.5. The Kier molecular flexibility index (Phi) is 4.04. The number of tetrazole rings is 1. The van der Waals surface area contributed by atoms with Gasteiger partial charge in [0.2, 0.25) is 5.16 Å². The first-order chi connectivity index (χ1) is 12.6. The SMILES string of the molecule is Cc1cccc(C)c1-n1nnnc1SCN1C(=O)c2ccccc2C1=O. The summed E-state index contributed by atoms with van der Waals surface area (Å²) in [6, 6.07) is 12.8. The molecule has 0 atom stereocenters. The van der Waals surface area contributed by atoms with Gasteiger partial charge in [-0.25, -0.2) is 0 Å². The van der Waals surface area contributed by atoms with Gasteiger partial charge in [-0.05, 0) is 47.5 Å². The lowest BCUT2D eigenvalue weighted by atomic mass is 10.1. The van der Waals surface area contributed by atoms with Crippen molar-refractivity contribution in [2.24, 2.45) is 0 Å². The molecule has 26 heavy (non-hydrogen) atoms. The standard InChI is InChI=1S/C18H15N5O2S/c1-11-6-5-7-12(2)15(11)23-18(19-20-21-23)26-10-22-16(24)13-8-3-4-9-14(13)17(22)25/h3-9H,10H2,1-2H3. The average molecular weight is 365 g/mol. The van der Waals surface area contributed by atoms with E-state index in [-0.39, 0.29) is 17.7 Å². The summed E-state index contributed by atoms with van der Waals surface area (Å²) in [6.45, 7) is 3.98. The molecule has 130 valence electrons. The quantitative estimate of drug-likeness (QED) is 0.522. The van der Waals surface area contributed by atoms with Crippen LogP contribution in [-0.4, -0.2) is 42.8 Å². The summed E-state index contributed by atoms with van der Waals surface area (Å²) in [5.74, 6) is -0.425. The number of aryl methyl sites for hydroxylation is 2. The minimum absolute atomic E-state index is 0.150. The number of imide groups is 1. The Hall–Kier alpha value is -3.00. The van der Waals surface area contributed by atoms with Crippen molar-refractivity contribution >= 4 is 23.6 Å². The Morgan fingerprint density at radius 1 is 0.923 bits per heavy atom. The molecular weight excluding hydrogens is 350 g/mol. The van der Waals surface area contributed by atoms with Crippen molar-refractivity contribution in [2.45, 2.75) is 19.0 Å². The molecule has 4 rings (SSSR count). The summed E-state index contributed by atoms with van der Waals surface area (Å²) in [4.78, 5) is 26.1. The number of fused-ring (bicyclic) bond motifs is 1. The van der Waals surface area contributed by atoms with Crippen LogP contribution in [0.2, 0.25) is 0 Å². The molecule has 0 saturated heterocycles. The third-order valence-corrected chi connectivity index (χ3v) is 5.19. The molecule has 2 aromatic carbocycles. The van der Waals surface area contributed by atoms with Gasteiger partial charge in [0.05, 0.1) is 22.7 Å². The monoisotopic (exact) mass is 365 g/mol. The van der Waals surface area contributed by atoms with Crippen molar-refractivity contribution in [3.8, 4) is 5.69 Å². The molecule has 2 heterocycles. The third-order valence-electron chi connectivity index (χ3n) is 4.29. The molecular formula is C18H15N5O2S. The summed E-state index contributed by atoms with van der Waals surface area (Å²) in [5, 5.41) is 12.4. The first-order valence-electron chi connectivity index (χ1n) is 8.01. The Labute approximate surface area is 154 Å². The number of thioether (sulfide) groups is 1. The molecule has 8 heteroatoms. The summed E-state index contributed by atoms with van der Waals surface area (Å²) >= 11 is 1.25. The second-order valence-corrected chi connectivity index (χ2v) is 6.88. The minimum Gasteiger partial charge on any atom is -0.269 e. The highest BCUT2D eigenvalue weighted by atomic mass is 32.2. The van der Waals surface area contributed by atoms with E-state index in [9.17, 15) is 9.59 Å². The minimum atomic E-state index is -0.288. The maximum Gasteiger partial charge on any atom is 0.262 e. The Morgan fingerprint density at radius 2 is 1.54 bits per heavy atom. The van der Waals surface area contributed by atoms with Gasteiger partial charge < -0.3 is 0 Å². The summed E-state index contributed by atoms with van der Waals surface area (Å²) in [7, 11) is 0. The average Bonchev–Trinajstić information content (AvgIpc) is 3.18. The maximum atomic E-state index is 12.5. The molecule has 0 fully saturated rings. The lowest BCUT2D eigenvalue weighted by molar-refractivity contribution is 0.0684. The van der Waals surface area contributed by atoms with Crippen LogP contribution >= 0.6 is 11.8 Å². The number of para-hydroxylation sites is 1. The summed E-state index contributed by atoms with van der Waals surface area (Å²) in [5.41, 5.74) is 3.86. The van der Waals surface area contributed by atoms with Crippen LogP contribution in [0.15, 0.2) is 47.6 Å². The maximum absolute atomic E-state index is 12.5. The molecule has 0 N–H and O–H groups in total. The van der Waals surface area contributed by atoms with Gasteiger partial charge in [-0.2, -0.15) is 4.68 Å². The summed E-state index contributed by atoms with van der Waals surface area (Å²) < 4.78 is 1.65. The van der Waals surface area contributed by atoms with Gasteiger partial charge in [0, 0.05) is 0 Å². The number of aromatic nitrogens is 4. The molecule has 1 aliphatic rings. The molecule has 1 aliphatic heterocycles. The Balaban J connectivity index is 1.59. The second-order valence-electron chi connectivity index (χ2n) is 5.97. The van der Waals surface area contributed by atoms with Gasteiger partial charge in [-0.1, -0.05) is 42.1 Å². The van der Waals surface area contributed by atoms with Gasteiger partial charge in [0.15, 0.2) is 0 Å². The van der Waals surface area contributed by atoms with Crippen molar-refractivity contribution in [1.29, 1.82) is 0 Å². The fourth-order valence-electron chi connectivity index (χ4n) is 3.03. The van der Waals surface area contributed by atoms with Gasteiger partial charge in [0.25, 0.3) is 11.8 Å². The second kappa shape index (κ2) is 6.38. The van der Waals surface area contributed by atoms with Crippen LogP contribution < -0.4 is 0 Å². The van der Waals surface area contributed by atoms with Crippen LogP contribution in [0.4, 0.5) is 0 Å². The van der Waals surface area contributed by atoms with Crippen LogP contribution in [0.5, 0.6) is 0 Å². The summed E-state index contributed by atoms with van der Waals surface area (Å²) in [6.07, 6.45) is 0. The van der Waals surface area contributed by atoms with E-state index in [4.69, 9.17) is 0 Å². The van der Waals surface area contributed by atoms with Crippen LogP contribution in [0.3, 0.4) is 0 Å². The number of carbonyl (C=O) groups excluding carboxylic acids is 2. The number of carbonyl (C=O) groups is 2. The van der Waals surface area contributed by atoms with Crippen LogP contribution in [0.1, 0.15) is 31.8 Å². The van der Waals surface area contributed by atoms with Crippen molar-refractivity contribution in [3.63, 3.8) is 0 Å². The molecule has 0 radical (unpaired) electrons. The zero-order chi connectivity index (χ0) is 18.3. The smallest absolute Gasteiger partial charge is 0.262 e. The predicted octanol–water partition coefficient (Wildman–Crippen LogP) is 2.62. The van der Waals surface area contributed by atoms with E-state index in [2.05, 4.69) is 15.5 Å². The number of rotatable bonds is 4. The normalized spacial score (nSPS) is 13.4. The molecule has 1 aromatic heterocycles. The van der Waals surface area contributed by atoms with E-state index in [1.807, 2.05) is 32.0 Å². The first-order valence-corrected chi connectivity index (χ1v) is 8.99. The number of benzene rings is 2. The lowest BCUT2D eigenvalue weighted by Gasteiger charge is -2.14. The predicted molar refractivity (Wildman–Crippen MR) is 96.3 cm³/mol. The number of hydrogen-bond donors (Lipinski definition) is 0. The molecule has 0 aliphatic carbocycles. The molecule has 7 nitrogen and oxygen atoms in total. The van der Waals surface area contributed by atoms with E-state index in [1.165, 1.54) is 16.7 Å². The van der Waals surface area contributed by atoms with E-state index in [0.717, 1.165) is 16.8 Å². The van der Waals surface area contributed by atoms with Gasteiger partial charge >= 0.3 is 0 Å². The van der Waals surface area contributed by atoms with Gasteiger partial charge in [-0.15, -0.1) is 5.10 Å². The lowest BCUT2D eigenvalue weighted by Crippen LogP contribution is -2.29. The zero-order valence-electron chi connectivity index (χ0n) is 14.2. The number of nitrogens with zero attached hydrogens (tertiary/aromatic N) is 5. The molecule has 0 unspecified atom stereocenters. The highest BCUT2D eigenvalue weighted by Crippen LogP contribution is 2.28. The van der Waals surface area contributed by atoms with Crippen molar-refractivity contribution in [1.82, 2.24) is 25.1 Å². The third kappa shape index (κ3) is 2.59. The van der Waals surface area contributed by atoms with Crippen molar-refractivity contribution < 1.29 is 9.59 Å².